The Kier molecular flexibility index (Phi) is 4.90. The van der Waals surface area contributed by atoms with Gasteiger partial charge in [-0.05, 0) is 54.8 Å². The van der Waals surface area contributed by atoms with Crippen LogP contribution in [0.15, 0.2) is 29.4 Å². The Morgan fingerprint density at radius 3 is 3.09 bits per heavy atom. The fraction of sp³-hybridized carbons (Fsp3) is 0.467. The summed E-state index contributed by atoms with van der Waals surface area (Å²) in [4.78, 5) is 14.3. The van der Waals surface area contributed by atoms with Gasteiger partial charge in [-0.3, -0.25) is 4.79 Å². The molecule has 1 aliphatic rings. The number of likely N-dealkylation sites (tertiary alicyclic amines) is 1. The summed E-state index contributed by atoms with van der Waals surface area (Å²) in [6.07, 6.45) is 3.29. The number of benzene rings is 1. The summed E-state index contributed by atoms with van der Waals surface area (Å²) in [5.41, 5.74) is 0.538. The summed E-state index contributed by atoms with van der Waals surface area (Å²) >= 11 is 1.27. The van der Waals surface area contributed by atoms with E-state index < -0.39 is 0 Å². The van der Waals surface area contributed by atoms with E-state index in [0.717, 1.165) is 19.4 Å². The van der Waals surface area contributed by atoms with E-state index in [-0.39, 0.29) is 23.5 Å². The zero-order valence-electron chi connectivity index (χ0n) is 12.9. The van der Waals surface area contributed by atoms with Gasteiger partial charge in [-0.15, -0.1) is 5.10 Å². The van der Waals surface area contributed by atoms with E-state index in [2.05, 4.69) is 22.4 Å². The van der Waals surface area contributed by atoms with Crippen molar-refractivity contribution in [3.05, 3.63) is 30.1 Å². The number of tetrazole rings is 1. The lowest BCUT2D eigenvalue weighted by Gasteiger charge is -2.33. The van der Waals surface area contributed by atoms with Crippen molar-refractivity contribution < 1.29 is 9.18 Å². The first-order chi connectivity index (χ1) is 11.1. The number of aromatic nitrogens is 4. The van der Waals surface area contributed by atoms with Crippen LogP contribution in [0.2, 0.25) is 0 Å². The molecule has 0 saturated carbocycles. The Morgan fingerprint density at radius 1 is 1.43 bits per heavy atom. The molecule has 1 fully saturated rings. The SMILES string of the molecule is C[C@@H]1CCCCN1C(=O)CSc1nnnn1-c1cccc(F)c1. The molecule has 0 bridgehead atoms. The van der Waals surface area contributed by atoms with Crippen LogP contribution >= 0.6 is 11.8 Å². The fourth-order valence-corrected chi connectivity index (χ4v) is 3.49. The molecular weight excluding hydrogens is 317 g/mol. The van der Waals surface area contributed by atoms with Crippen LogP contribution in [0.5, 0.6) is 0 Å². The van der Waals surface area contributed by atoms with E-state index in [0.29, 0.717) is 10.8 Å². The average Bonchev–Trinajstić information content (AvgIpc) is 3.01. The summed E-state index contributed by atoms with van der Waals surface area (Å²) < 4.78 is 14.8. The number of piperidine rings is 1. The molecule has 6 nitrogen and oxygen atoms in total. The van der Waals surface area contributed by atoms with Gasteiger partial charge in [0.1, 0.15) is 5.82 Å². The van der Waals surface area contributed by atoms with E-state index >= 15 is 0 Å². The van der Waals surface area contributed by atoms with Crippen LogP contribution in [0.3, 0.4) is 0 Å². The number of carbonyl (C=O) groups excluding carboxylic acids is 1. The normalized spacial score (nSPS) is 18.2. The largest absolute Gasteiger partial charge is 0.339 e. The Balaban J connectivity index is 1.67. The van der Waals surface area contributed by atoms with Gasteiger partial charge in [0.05, 0.1) is 11.4 Å². The Morgan fingerprint density at radius 2 is 2.30 bits per heavy atom. The third-order valence-corrected chi connectivity index (χ3v) is 4.85. The number of halogens is 1. The third kappa shape index (κ3) is 3.69. The molecule has 23 heavy (non-hydrogen) atoms. The first kappa shape index (κ1) is 15.9. The molecule has 1 amide bonds. The summed E-state index contributed by atoms with van der Waals surface area (Å²) in [7, 11) is 0. The lowest BCUT2D eigenvalue weighted by molar-refractivity contribution is -0.131. The molecule has 122 valence electrons. The number of rotatable bonds is 4. The van der Waals surface area contributed by atoms with Gasteiger partial charge < -0.3 is 4.90 Å². The fourth-order valence-electron chi connectivity index (χ4n) is 2.72. The lowest BCUT2D eigenvalue weighted by Crippen LogP contribution is -2.42. The van der Waals surface area contributed by atoms with Gasteiger partial charge in [0.2, 0.25) is 11.1 Å². The molecule has 2 aromatic rings. The van der Waals surface area contributed by atoms with Gasteiger partial charge >= 0.3 is 0 Å². The van der Waals surface area contributed by atoms with E-state index in [4.69, 9.17) is 0 Å². The first-order valence-corrected chi connectivity index (χ1v) is 8.60. The van der Waals surface area contributed by atoms with Crippen LogP contribution < -0.4 is 0 Å². The molecule has 1 saturated heterocycles. The molecule has 1 aliphatic heterocycles. The van der Waals surface area contributed by atoms with Crippen LogP contribution in [0.4, 0.5) is 4.39 Å². The second-order valence-corrected chi connectivity index (χ2v) is 6.52. The van der Waals surface area contributed by atoms with E-state index in [1.807, 2.05) is 4.90 Å². The zero-order valence-corrected chi connectivity index (χ0v) is 13.7. The predicted molar refractivity (Wildman–Crippen MR) is 84.9 cm³/mol. The molecule has 0 unspecified atom stereocenters. The maximum Gasteiger partial charge on any atom is 0.233 e. The van der Waals surface area contributed by atoms with Crippen LogP contribution in [0, 0.1) is 5.82 Å². The number of amides is 1. The number of hydrogen-bond acceptors (Lipinski definition) is 5. The smallest absolute Gasteiger partial charge is 0.233 e. The van der Waals surface area contributed by atoms with Crippen LogP contribution in [0.1, 0.15) is 26.2 Å². The third-order valence-electron chi connectivity index (χ3n) is 3.94. The highest BCUT2D eigenvalue weighted by Crippen LogP contribution is 2.22. The monoisotopic (exact) mass is 335 g/mol. The van der Waals surface area contributed by atoms with Gasteiger partial charge in [-0.1, -0.05) is 17.8 Å². The predicted octanol–water partition coefficient (Wildman–Crippen LogP) is 2.29. The molecule has 2 heterocycles. The molecular formula is C15H18FN5OS. The molecule has 0 aliphatic carbocycles. The number of carbonyl (C=O) groups is 1. The minimum Gasteiger partial charge on any atom is -0.339 e. The van der Waals surface area contributed by atoms with Crippen LogP contribution in [0.25, 0.3) is 5.69 Å². The van der Waals surface area contributed by atoms with Gasteiger partial charge in [-0.2, -0.15) is 4.68 Å². The highest BCUT2D eigenvalue weighted by molar-refractivity contribution is 7.99. The quantitative estimate of drug-likeness (QED) is 0.802. The Labute approximate surface area is 138 Å². The van der Waals surface area contributed by atoms with Crippen molar-refractivity contribution in [1.29, 1.82) is 0 Å². The molecule has 8 heteroatoms. The molecule has 3 rings (SSSR count). The standard InChI is InChI=1S/C15H18FN5OS/c1-11-5-2-3-8-20(11)14(22)10-23-15-17-18-19-21(15)13-7-4-6-12(16)9-13/h4,6-7,9,11H,2-3,5,8,10H2,1H3/t11-/m1/s1. The molecule has 1 aromatic carbocycles. The van der Waals surface area contributed by atoms with Gasteiger partial charge in [0.15, 0.2) is 0 Å². The first-order valence-electron chi connectivity index (χ1n) is 7.62. The topological polar surface area (TPSA) is 63.9 Å². The summed E-state index contributed by atoms with van der Waals surface area (Å²) in [5.74, 6) is 0.0168. The van der Waals surface area contributed by atoms with Crippen molar-refractivity contribution in [1.82, 2.24) is 25.1 Å². The summed E-state index contributed by atoms with van der Waals surface area (Å²) in [6, 6.07) is 6.33. The van der Waals surface area contributed by atoms with E-state index in [1.54, 1.807) is 12.1 Å². The average molecular weight is 335 g/mol. The van der Waals surface area contributed by atoms with Crippen LogP contribution in [-0.2, 0) is 4.79 Å². The highest BCUT2D eigenvalue weighted by atomic mass is 32.2. The number of hydrogen-bond donors (Lipinski definition) is 0. The van der Waals surface area contributed by atoms with Crippen molar-refractivity contribution in [2.75, 3.05) is 12.3 Å². The molecule has 0 radical (unpaired) electrons. The minimum atomic E-state index is -0.354. The minimum absolute atomic E-state index is 0.0935. The maximum absolute atomic E-state index is 13.3. The second kappa shape index (κ2) is 7.08. The van der Waals surface area contributed by atoms with Crippen molar-refractivity contribution in [3.8, 4) is 5.69 Å². The maximum atomic E-state index is 13.3. The number of nitrogens with zero attached hydrogens (tertiary/aromatic N) is 5. The van der Waals surface area contributed by atoms with Crippen LogP contribution in [-0.4, -0.2) is 49.4 Å². The molecule has 0 spiro atoms. The van der Waals surface area contributed by atoms with Gasteiger partial charge in [0.25, 0.3) is 0 Å². The van der Waals surface area contributed by atoms with Crippen molar-refractivity contribution in [2.45, 2.75) is 37.4 Å². The summed E-state index contributed by atoms with van der Waals surface area (Å²) in [6.45, 7) is 2.90. The highest BCUT2D eigenvalue weighted by Gasteiger charge is 2.23. The van der Waals surface area contributed by atoms with Crippen molar-refractivity contribution in [3.63, 3.8) is 0 Å². The van der Waals surface area contributed by atoms with Crippen molar-refractivity contribution in [2.24, 2.45) is 0 Å². The van der Waals surface area contributed by atoms with E-state index in [9.17, 15) is 9.18 Å². The lowest BCUT2D eigenvalue weighted by atomic mass is 10.0. The Hall–Kier alpha value is -1.96. The summed E-state index contributed by atoms with van der Waals surface area (Å²) in [5, 5.41) is 11.9. The molecule has 1 aromatic heterocycles. The Bertz CT molecular complexity index is 692. The molecule has 0 N–H and O–H groups in total. The van der Waals surface area contributed by atoms with Gasteiger partial charge in [-0.25, -0.2) is 4.39 Å². The molecule has 1 atom stereocenters. The van der Waals surface area contributed by atoms with Crippen molar-refractivity contribution >= 4 is 17.7 Å². The zero-order chi connectivity index (χ0) is 16.2. The number of thioether (sulfide) groups is 1. The second-order valence-electron chi connectivity index (χ2n) is 5.57. The van der Waals surface area contributed by atoms with Gasteiger partial charge in [0, 0.05) is 12.6 Å². The van der Waals surface area contributed by atoms with E-state index in [1.165, 1.54) is 35.0 Å².